The number of aromatic nitrogens is 1. The molecule has 0 bridgehead atoms. The molecular weight excluding hydrogens is 284 g/mol. The average molecular weight is 302 g/mol. The molecule has 116 valence electrons. The van der Waals surface area contributed by atoms with Crippen LogP contribution in [0.3, 0.4) is 0 Å². The zero-order valence-corrected chi connectivity index (χ0v) is 12.6. The van der Waals surface area contributed by atoms with Gasteiger partial charge in [0, 0.05) is 18.4 Å². The van der Waals surface area contributed by atoms with Crippen LogP contribution in [0.15, 0.2) is 30.3 Å². The molecule has 1 heterocycles. The van der Waals surface area contributed by atoms with Crippen LogP contribution in [-0.4, -0.2) is 37.6 Å². The summed E-state index contributed by atoms with van der Waals surface area (Å²) < 4.78 is 9.68. The molecule has 1 aromatic heterocycles. The van der Waals surface area contributed by atoms with Crippen LogP contribution >= 0.6 is 0 Å². The average Bonchev–Trinajstić information content (AvgIpc) is 2.57. The standard InChI is InChI=1S/C16H18N2O4/c1-21-12-6-8-13-11(10-12)5-7-14(18-13)16(20)17-9-3-4-15(19)22-2/h5-8,10H,3-4,9H2,1-2H3,(H,17,20). The third-order valence-electron chi connectivity index (χ3n) is 3.20. The molecule has 0 aliphatic carbocycles. The largest absolute Gasteiger partial charge is 0.497 e. The lowest BCUT2D eigenvalue weighted by Crippen LogP contribution is -2.25. The first-order valence-electron chi connectivity index (χ1n) is 6.94. The summed E-state index contributed by atoms with van der Waals surface area (Å²) in [6.07, 6.45) is 0.810. The Balaban J connectivity index is 1.98. The van der Waals surface area contributed by atoms with E-state index in [1.54, 1.807) is 19.2 Å². The summed E-state index contributed by atoms with van der Waals surface area (Å²) in [5, 5.41) is 3.64. The van der Waals surface area contributed by atoms with Crippen LogP contribution in [0, 0.1) is 0 Å². The number of pyridine rings is 1. The Labute approximate surface area is 128 Å². The van der Waals surface area contributed by atoms with E-state index in [9.17, 15) is 9.59 Å². The SMILES string of the molecule is COC(=O)CCCNC(=O)c1ccc2cc(OC)ccc2n1. The normalized spacial score (nSPS) is 10.3. The molecule has 0 radical (unpaired) electrons. The maximum Gasteiger partial charge on any atom is 0.305 e. The van der Waals surface area contributed by atoms with Crippen LogP contribution in [0.1, 0.15) is 23.3 Å². The third kappa shape index (κ3) is 3.94. The highest BCUT2D eigenvalue weighted by Crippen LogP contribution is 2.19. The highest BCUT2D eigenvalue weighted by molar-refractivity contribution is 5.95. The van der Waals surface area contributed by atoms with E-state index in [-0.39, 0.29) is 18.3 Å². The number of methoxy groups -OCH3 is 2. The molecule has 22 heavy (non-hydrogen) atoms. The quantitative estimate of drug-likeness (QED) is 0.651. The molecule has 1 amide bonds. The van der Waals surface area contributed by atoms with Crippen molar-refractivity contribution >= 4 is 22.8 Å². The summed E-state index contributed by atoms with van der Waals surface area (Å²) in [4.78, 5) is 27.3. The minimum Gasteiger partial charge on any atom is -0.497 e. The van der Waals surface area contributed by atoms with Crippen LogP contribution in [0.25, 0.3) is 10.9 Å². The van der Waals surface area contributed by atoms with Crippen molar-refractivity contribution in [3.05, 3.63) is 36.0 Å². The first kappa shape index (κ1) is 15.8. The van der Waals surface area contributed by atoms with Crippen LogP contribution in [0.4, 0.5) is 0 Å². The van der Waals surface area contributed by atoms with E-state index in [4.69, 9.17) is 4.74 Å². The van der Waals surface area contributed by atoms with Gasteiger partial charge in [-0.1, -0.05) is 6.07 Å². The highest BCUT2D eigenvalue weighted by atomic mass is 16.5. The van der Waals surface area contributed by atoms with Gasteiger partial charge in [0.2, 0.25) is 0 Å². The van der Waals surface area contributed by atoms with Crippen molar-refractivity contribution < 1.29 is 19.1 Å². The summed E-state index contributed by atoms with van der Waals surface area (Å²) in [6, 6.07) is 8.96. The number of ether oxygens (including phenoxy) is 2. The molecule has 6 heteroatoms. The third-order valence-corrected chi connectivity index (χ3v) is 3.20. The van der Waals surface area contributed by atoms with Gasteiger partial charge in [0.15, 0.2) is 0 Å². The highest BCUT2D eigenvalue weighted by Gasteiger charge is 2.08. The summed E-state index contributed by atoms with van der Waals surface area (Å²) in [6.45, 7) is 0.399. The van der Waals surface area contributed by atoms with E-state index in [1.807, 2.05) is 18.2 Å². The van der Waals surface area contributed by atoms with E-state index in [0.29, 0.717) is 18.7 Å². The fourth-order valence-electron chi connectivity index (χ4n) is 1.98. The predicted octanol–water partition coefficient (Wildman–Crippen LogP) is 1.93. The Morgan fingerprint density at radius 2 is 2.00 bits per heavy atom. The first-order chi connectivity index (χ1) is 10.6. The van der Waals surface area contributed by atoms with E-state index in [0.717, 1.165) is 16.7 Å². The van der Waals surface area contributed by atoms with Gasteiger partial charge in [-0.15, -0.1) is 0 Å². The second-order valence-corrected chi connectivity index (χ2v) is 4.69. The number of nitrogens with zero attached hydrogens (tertiary/aromatic N) is 1. The predicted molar refractivity (Wildman–Crippen MR) is 81.9 cm³/mol. The fraction of sp³-hybridized carbons (Fsp3) is 0.312. The monoisotopic (exact) mass is 302 g/mol. The molecule has 2 rings (SSSR count). The number of hydrogen-bond acceptors (Lipinski definition) is 5. The van der Waals surface area contributed by atoms with Gasteiger partial charge >= 0.3 is 5.97 Å². The smallest absolute Gasteiger partial charge is 0.305 e. The van der Waals surface area contributed by atoms with E-state index < -0.39 is 0 Å². The fourth-order valence-corrected chi connectivity index (χ4v) is 1.98. The number of esters is 1. The molecule has 0 unspecified atom stereocenters. The Kier molecular flexibility index (Phi) is 5.30. The van der Waals surface area contributed by atoms with Gasteiger partial charge < -0.3 is 14.8 Å². The number of hydrogen-bond donors (Lipinski definition) is 1. The number of carbonyl (C=O) groups excluding carboxylic acids is 2. The summed E-state index contributed by atoms with van der Waals surface area (Å²) >= 11 is 0. The van der Waals surface area contributed by atoms with E-state index >= 15 is 0 Å². The van der Waals surface area contributed by atoms with Crippen molar-refractivity contribution in [2.45, 2.75) is 12.8 Å². The van der Waals surface area contributed by atoms with Gasteiger partial charge in [0.05, 0.1) is 19.7 Å². The molecule has 1 aromatic carbocycles. The molecule has 0 saturated heterocycles. The summed E-state index contributed by atoms with van der Waals surface area (Å²) in [5.74, 6) is 0.198. The maximum absolute atomic E-state index is 12.0. The second kappa shape index (κ2) is 7.40. The van der Waals surface area contributed by atoms with Crippen molar-refractivity contribution in [3.63, 3.8) is 0 Å². The first-order valence-corrected chi connectivity index (χ1v) is 6.94. The molecule has 0 aliphatic heterocycles. The number of benzene rings is 1. The van der Waals surface area contributed by atoms with E-state index in [2.05, 4.69) is 15.0 Å². The molecule has 0 spiro atoms. The molecule has 0 fully saturated rings. The number of amides is 1. The number of carbonyl (C=O) groups is 2. The zero-order valence-electron chi connectivity index (χ0n) is 12.6. The second-order valence-electron chi connectivity index (χ2n) is 4.69. The van der Waals surface area contributed by atoms with Gasteiger partial charge in [-0.3, -0.25) is 9.59 Å². The lowest BCUT2D eigenvalue weighted by atomic mass is 10.2. The van der Waals surface area contributed by atoms with Crippen LogP contribution in [-0.2, 0) is 9.53 Å². The van der Waals surface area contributed by atoms with Crippen LogP contribution < -0.4 is 10.1 Å². The molecule has 0 atom stereocenters. The molecule has 0 saturated carbocycles. The molecular formula is C16H18N2O4. The molecule has 0 aliphatic rings. The van der Waals surface area contributed by atoms with Gasteiger partial charge in [0.1, 0.15) is 11.4 Å². The van der Waals surface area contributed by atoms with Crippen LogP contribution in [0.2, 0.25) is 0 Å². The van der Waals surface area contributed by atoms with Crippen LogP contribution in [0.5, 0.6) is 5.75 Å². The van der Waals surface area contributed by atoms with Crippen molar-refractivity contribution in [1.29, 1.82) is 0 Å². The lowest BCUT2D eigenvalue weighted by molar-refractivity contribution is -0.140. The minimum atomic E-state index is -0.285. The number of fused-ring (bicyclic) bond motifs is 1. The number of nitrogens with one attached hydrogen (secondary N) is 1. The maximum atomic E-state index is 12.0. The van der Waals surface area contributed by atoms with Gasteiger partial charge in [-0.2, -0.15) is 0 Å². The van der Waals surface area contributed by atoms with Crippen molar-refractivity contribution in [2.75, 3.05) is 20.8 Å². The molecule has 1 N–H and O–H groups in total. The Hall–Kier alpha value is -2.63. The van der Waals surface area contributed by atoms with Crippen molar-refractivity contribution in [2.24, 2.45) is 0 Å². The topological polar surface area (TPSA) is 77.5 Å². The van der Waals surface area contributed by atoms with Crippen molar-refractivity contribution in [1.82, 2.24) is 10.3 Å². The number of rotatable bonds is 6. The summed E-state index contributed by atoms with van der Waals surface area (Å²) in [7, 11) is 2.94. The van der Waals surface area contributed by atoms with Gasteiger partial charge in [-0.05, 0) is 30.7 Å². The lowest BCUT2D eigenvalue weighted by Gasteiger charge is -2.06. The zero-order chi connectivity index (χ0) is 15.9. The minimum absolute atomic E-state index is 0.261. The molecule has 6 nitrogen and oxygen atoms in total. The van der Waals surface area contributed by atoms with E-state index in [1.165, 1.54) is 7.11 Å². The van der Waals surface area contributed by atoms with Gasteiger partial charge in [-0.25, -0.2) is 4.98 Å². The summed E-state index contributed by atoms with van der Waals surface area (Å²) in [5.41, 5.74) is 1.07. The Morgan fingerprint density at radius 3 is 2.73 bits per heavy atom. The molecule has 2 aromatic rings. The Morgan fingerprint density at radius 1 is 1.18 bits per heavy atom. The van der Waals surface area contributed by atoms with Gasteiger partial charge in [0.25, 0.3) is 5.91 Å². The Bertz CT molecular complexity index is 685. The van der Waals surface area contributed by atoms with Crippen molar-refractivity contribution in [3.8, 4) is 5.75 Å².